The quantitative estimate of drug-likeness (QED) is 0.369. The molecular weight excluding hydrogens is 222 g/mol. The van der Waals surface area contributed by atoms with Crippen LogP contribution >= 0.6 is 0 Å². The van der Waals surface area contributed by atoms with E-state index in [9.17, 15) is 4.79 Å². The fourth-order valence-electron chi connectivity index (χ4n) is 1.51. The highest BCUT2D eigenvalue weighted by atomic mass is 16.5. The number of esters is 1. The van der Waals surface area contributed by atoms with Crippen LogP contribution in [0.5, 0.6) is 0 Å². The Morgan fingerprint density at radius 1 is 1.41 bits per heavy atom. The van der Waals surface area contributed by atoms with Crippen molar-refractivity contribution in [1.82, 2.24) is 4.90 Å². The van der Waals surface area contributed by atoms with E-state index in [2.05, 4.69) is 11.5 Å². The van der Waals surface area contributed by atoms with E-state index >= 15 is 0 Å². The summed E-state index contributed by atoms with van der Waals surface area (Å²) in [7, 11) is 0. The lowest BCUT2D eigenvalue weighted by Crippen LogP contribution is -2.38. The summed E-state index contributed by atoms with van der Waals surface area (Å²) in [6, 6.07) is 0. The third-order valence-corrected chi connectivity index (χ3v) is 2.50. The predicted octanol–water partition coefficient (Wildman–Crippen LogP) is 0.454. The molecule has 1 aliphatic heterocycles. The average molecular weight is 243 g/mol. The van der Waals surface area contributed by atoms with E-state index in [0.717, 1.165) is 32.8 Å². The summed E-state index contributed by atoms with van der Waals surface area (Å²) in [6.07, 6.45) is 0. The number of ether oxygens (including phenoxy) is 3. The first-order valence-electron chi connectivity index (χ1n) is 5.96. The van der Waals surface area contributed by atoms with Crippen LogP contribution in [0.4, 0.5) is 0 Å². The van der Waals surface area contributed by atoms with Gasteiger partial charge in [-0.05, 0) is 6.92 Å². The van der Waals surface area contributed by atoms with Crippen molar-refractivity contribution in [3.8, 4) is 0 Å². The van der Waals surface area contributed by atoms with Gasteiger partial charge in [0.05, 0.1) is 38.6 Å². The van der Waals surface area contributed by atoms with Gasteiger partial charge in [0.15, 0.2) is 0 Å². The van der Waals surface area contributed by atoms with Gasteiger partial charge in [-0.3, -0.25) is 4.90 Å². The lowest BCUT2D eigenvalue weighted by molar-refractivity contribution is -0.139. The van der Waals surface area contributed by atoms with Crippen molar-refractivity contribution in [3.63, 3.8) is 0 Å². The molecule has 0 bridgehead atoms. The van der Waals surface area contributed by atoms with Gasteiger partial charge in [-0.15, -0.1) is 0 Å². The number of carbonyl (C=O) groups excluding carboxylic acids is 1. The van der Waals surface area contributed by atoms with Gasteiger partial charge in [0.2, 0.25) is 0 Å². The zero-order chi connectivity index (χ0) is 12.5. The number of carbonyl (C=O) groups is 1. The first-order chi connectivity index (χ1) is 8.24. The minimum atomic E-state index is -0.376. The predicted molar refractivity (Wildman–Crippen MR) is 63.9 cm³/mol. The Hall–Kier alpha value is -0.910. The normalized spacial score (nSPS) is 16.8. The van der Waals surface area contributed by atoms with Gasteiger partial charge in [-0.1, -0.05) is 6.58 Å². The van der Waals surface area contributed by atoms with E-state index in [-0.39, 0.29) is 12.6 Å². The molecule has 98 valence electrons. The first-order valence-corrected chi connectivity index (χ1v) is 5.96. The molecule has 0 saturated carbocycles. The third kappa shape index (κ3) is 5.81. The molecule has 0 N–H and O–H groups in total. The number of morpholine rings is 1. The van der Waals surface area contributed by atoms with Crippen LogP contribution in [0.15, 0.2) is 12.2 Å². The van der Waals surface area contributed by atoms with Gasteiger partial charge in [-0.25, -0.2) is 4.79 Å². The summed E-state index contributed by atoms with van der Waals surface area (Å²) in [4.78, 5) is 13.5. The summed E-state index contributed by atoms with van der Waals surface area (Å²) in [5, 5.41) is 0. The van der Waals surface area contributed by atoms with Crippen molar-refractivity contribution in [1.29, 1.82) is 0 Å². The summed E-state index contributed by atoms with van der Waals surface area (Å²) >= 11 is 0. The standard InChI is InChI=1S/C12H21NO4/c1-3-17-12(14)11(2)10-16-9-6-13-4-7-15-8-5-13/h2-10H2,1H3. The zero-order valence-corrected chi connectivity index (χ0v) is 10.4. The van der Waals surface area contributed by atoms with Gasteiger partial charge < -0.3 is 14.2 Å². The fourth-order valence-corrected chi connectivity index (χ4v) is 1.51. The molecule has 1 saturated heterocycles. The molecule has 0 aromatic heterocycles. The Balaban J connectivity index is 2.03. The van der Waals surface area contributed by atoms with Crippen LogP contribution in [0.2, 0.25) is 0 Å². The van der Waals surface area contributed by atoms with Crippen molar-refractivity contribution < 1.29 is 19.0 Å². The van der Waals surface area contributed by atoms with Crippen LogP contribution < -0.4 is 0 Å². The Kier molecular flexibility index (Phi) is 6.84. The topological polar surface area (TPSA) is 48.0 Å². The molecule has 0 unspecified atom stereocenters. The second-order valence-electron chi connectivity index (χ2n) is 3.83. The summed E-state index contributed by atoms with van der Waals surface area (Å²) < 4.78 is 15.4. The molecule has 0 atom stereocenters. The van der Waals surface area contributed by atoms with Crippen LogP contribution in [-0.4, -0.2) is 63.5 Å². The van der Waals surface area contributed by atoms with E-state index in [1.54, 1.807) is 6.92 Å². The van der Waals surface area contributed by atoms with Gasteiger partial charge in [0, 0.05) is 19.6 Å². The molecule has 5 nitrogen and oxygen atoms in total. The molecule has 1 rings (SSSR count). The molecule has 0 amide bonds. The molecule has 0 aromatic carbocycles. The van der Waals surface area contributed by atoms with Gasteiger partial charge in [-0.2, -0.15) is 0 Å². The molecule has 1 aliphatic rings. The summed E-state index contributed by atoms with van der Waals surface area (Å²) in [5.41, 5.74) is 0.369. The smallest absolute Gasteiger partial charge is 0.335 e. The number of hydrogen-bond acceptors (Lipinski definition) is 5. The molecule has 1 heterocycles. The molecule has 1 fully saturated rings. The number of rotatable bonds is 7. The second kappa shape index (κ2) is 8.22. The monoisotopic (exact) mass is 243 g/mol. The number of hydrogen-bond donors (Lipinski definition) is 0. The Labute approximate surface area is 102 Å². The molecule has 0 aromatic rings. The largest absolute Gasteiger partial charge is 0.463 e. The fraction of sp³-hybridized carbons (Fsp3) is 0.750. The number of nitrogens with zero attached hydrogens (tertiary/aromatic N) is 1. The average Bonchev–Trinajstić information content (AvgIpc) is 2.36. The van der Waals surface area contributed by atoms with E-state index in [1.165, 1.54) is 0 Å². The van der Waals surface area contributed by atoms with Crippen LogP contribution in [0.25, 0.3) is 0 Å². The Morgan fingerprint density at radius 3 is 2.76 bits per heavy atom. The highest BCUT2D eigenvalue weighted by Crippen LogP contribution is 1.98. The third-order valence-electron chi connectivity index (χ3n) is 2.50. The highest BCUT2D eigenvalue weighted by Gasteiger charge is 2.11. The maximum Gasteiger partial charge on any atom is 0.335 e. The maximum atomic E-state index is 11.2. The minimum absolute atomic E-state index is 0.239. The van der Waals surface area contributed by atoms with Crippen LogP contribution in [0.3, 0.4) is 0 Å². The van der Waals surface area contributed by atoms with E-state index in [0.29, 0.717) is 18.8 Å². The lowest BCUT2D eigenvalue weighted by Gasteiger charge is -2.26. The van der Waals surface area contributed by atoms with Gasteiger partial charge in [0.1, 0.15) is 0 Å². The molecule has 0 spiro atoms. The summed E-state index contributed by atoms with van der Waals surface area (Å²) in [6.45, 7) is 10.9. The van der Waals surface area contributed by atoms with Crippen LogP contribution in [-0.2, 0) is 19.0 Å². The highest BCUT2D eigenvalue weighted by molar-refractivity contribution is 5.87. The minimum Gasteiger partial charge on any atom is -0.463 e. The molecular formula is C12H21NO4. The van der Waals surface area contributed by atoms with Gasteiger partial charge in [0.25, 0.3) is 0 Å². The zero-order valence-electron chi connectivity index (χ0n) is 10.4. The molecule has 0 aliphatic carbocycles. The lowest BCUT2D eigenvalue weighted by atomic mass is 10.3. The van der Waals surface area contributed by atoms with Crippen molar-refractivity contribution >= 4 is 5.97 Å². The Morgan fingerprint density at radius 2 is 2.12 bits per heavy atom. The van der Waals surface area contributed by atoms with E-state index in [1.807, 2.05) is 0 Å². The molecule has 5 heteroatoms. The van der Waals surface area contributed by atoms with Crippen molar-refractivity contribution in [3.05, 3.63) is 12.2 Å². The molecule has 17 heavy (non-hydrogen) atoms. The van der Waals surface area contributed by atoms with E-state index in [4.69, 9.17) is 14.2 Å². The summed E-state index contributed by atoms with van der Waals surface area (Å²) in [5.74, 6) is -0.376. The van der Waals surface area contributed by atoms with Crippen LogP contribution in [0, 0.1) is 0 Å². The maximum absolute atomic E-state index is 11.2. The second-order valence-corrected chi connectivity index (χ2v) is 3.83. The van der Waals surface area contributed by atoms with Crippen molar-refractivity contribution in [2.75, 3.05) is 52.7 Å². The van der Waals surface area contributed by atoms with E-state index < -0.39 is 0 Å². The Bertz CT molecular complexity index is 249. The first kappa shape index (κ1) is 14.2. The van der Waals surface area contributed by atoms with Gasteiger partial charge >= 0.3 is 5.97 Å². The molecule has 0 radical (unpaired) electrons. The van der Waals surface area contributed by atoms with Crippen molar-refractivity contribution in [2.24, 2.45) is 0 Å². The SMILES string of the molecule is C=C(COCCN1CCOCC1)C(=O)OCC. The van der Waals surface area contributed by atoms with Crippen molar-refractivity contribution in [2.45, 2.75) is 6.92 Å². The van der Waals surface area contributed by atoms with Crippen LogP contribution in [0.1, 0.15) is 6.92 Å².